The normalized spacial score (nSPS) is 12.6. The fraction of sp³-hybridized carbons (Fsp3) is 0.375. The fourth-order valence-corrected chi connectivity index (χ4v) is 1.85. The molecule has 0 aliphatic heterocycles. The number of rotatable bonds is 6. The summed E-state index contributed by atoms with van der Waals surface area (Å²) in [6.45, 7) is 4.71. The van der Waals surface area contributed by atoms with Gasteiger partial charge in [-0.25, -0.2) is 14.4 Å². The van der Waals surface area contributed by atoms with Crippen LogP contribution in [0.4, 0.5) is 15.3 Å². The van der Waals surface area contributed by atoms with Crippen molar-refractivity contribution in [2.75, 3.05) is 5.32 Å². The second-order valence-corrected chi connectivity index (χ2v) is 5.62. The fourth-order valence-electron chi connectivity index (χ4n) is 1.85. The first-order chi connectivity index (χ1) is 11.7. The molecule has 1 aromatic rings. The van der Waals surface area contributed by atoms with E-state index in [1.165, 1.54) is 6.92 Å². The molecule has 0 fully saturated rings. The number of urea groups is 2. The third-order valence-corrected chi connectivity index (χ3v) is 3.15. The van der Waals surface area contributed by atoms with Crippen LogP contribution in [-0.4, -0.2) is 36.1 Å². The van der Waals surface area contributed by atoms with Crippen LogP contribution < -0.4 is 21.7 Å². The van der Waals surface area contributed by atoms with Crippen LogP contribution in [0, 0.1) is 5.92 Å². The first-order valence-corrected chi connectivity index (χ1v) is 7.64. The molecule has 1 rings (SSSR count). The van der Waals surface area contributed by atoms with Gasteiger partial charge in [-0.2, -0.15) is 0 Å². The van der Waals surface area contributed by atoms with Crippen molar-refractivity contribution in [3.8, 4) is 0 Å². The lowest BCUT2D eigenvalue weighted by Gasteiger charge is -2.22. The minimum atomic E-state index is -1.24. The summed E-state index contributed by atoms with van der Waals surface area (Å²) in [5, 5.41) is 6.90. The number of esters is 1. The minimum absolute atomic E-state index is 0.291. The van der Waals surface area contributed by atoms with E-state index in [4.69, 9.17) is 10.5 Å². The molecular weight excluding hydrogens is 328 g/mol. The summed E-state index contributed by atoms with van der Waals surface area (Å²) in [7, 11) is 0. The molecule has 5 N–H and O–H groups in total. The van der Waals surface area contributed by atoms with Gasteiger partial charge < -0.3 is 21.1 Å². The summed E-state index contributed by atoms with van der Waals surface area (Å²) in [4.78, 5) is 46.4. The quantitative estimate of drug-likeness (QED) is 0.566. The molecule has 0 bridgehead atoms. The Labute approximate surface area is 145 Å². The Balaban J connectivity index is 2.65. The average Bonchev–Trinajstić information content (AvgIpc) is 2.52. The van der Waals surface area contributed by atoms with Gasteiger partial charge in [0.25, 0.3) is 5.91 Å². The zero-order valence-corrected chi connectivity index (χ0v) is 14.2. The van der Waals surface area contributed by atoms with Crippen molar-refractivity contribution >= 4 is 29.6 Å². The van der Waals surface area contributed by atoms with Gasteiger partial charge in [-0.3, -0.25) is 10.1 Å². The van der Waals surface area contributed by atoms with Crippen LogP contribution in [0.25, 0.3) is 0 Å². The number of nitrogens with one attached hydrogen (secondary N) is 3. The number of hydrogen-bond acceptors (Lipinski definition) is 5. The lowest BCUT2D eigenvalue weighted by molar-refractivity contribution is -0.157. The first kappa shape index (κ1) is 19.9. The van der Waals surface area contributed by atoms with Gasteiger partial charge >= 0.3 is 18.0 Å². The number of para-hydroxylation sites is 1. The highest BCUT2D eigenvalue weighted by Crippen LogP contribution is 2.08. The van der Waals surface area contributed by atoms with Crippen LogP contribution >= 0.6 is 0 Å². The van der Waals surface area contributed by atoms with Gasteiger partial charge in [0.15, 0.2) is 6.10 Å². The van der Waals surface area contributed by atoms with Gasteiger partial charge in [0.05, 0.1) is 0 Å². The van der Waals surface area contributed by atoms with Crippen molar-refractivity contribution in [1.29, 1.82) is 0 Å². The summed E-state index contributed by atoms with van der Waals surface area (Å²) >= 11 is 0. The highest BCUT2D eigenvalue weighted by molar-refractivity contribution is 5.97. The van der Waals surface area contributed by atoms with Crippen molar-refractivity contribution in [2.24, 2.45) is 11.7 Å². The van der Waals surface area contributed by atoms with Gasteiger partial charge in [-0.1, -0.05) is 32.0 Å². The molecule has 9 heteroatoms. The number of carbonyl (C=O) groups is 4. The largest absolute Gasteiger partial charge is 0.451 e. The lowest BCUT2D eigenvalue weighted by Crippen LogP contribution is -2.49. The Kier molecular flexibility index (Phi) is 7.39. The summed E-state index contributed by atoms with van der Waals surface area (Å²) in [6.07, 6.45) is -1.24. The highest BCUT2D eigenvalue weighted by Gasteiger charge is 2.29. The van der Waals surface area contributed by atoms with Crippen LogP contribution in [0.15, 0.2) is 30.3 Å². The molecule has 2 atom stereocenters. The maximum atomic E-state index is 12.2. The van der Waals surface area contributed by atoms with Gasteiger partial charge in [-0.05, 0) is 25.0 Å². The molecule has 0 radical (unpaired) electrons. The summed E-state index contributed by atoms with van der Waals surface area (Å²) in [5.41, 5.74) is 5.39. The van der Waals surface area contributed by atoms with E-state index in [1.54, 1.807) is 44.2 Å². The number of anilines is 1. The van der Waals surface area contributed by atoms with E-state index in [1.807, 2.05) is 5.32 Å². The molecule has 0 spiro atoms. The van der Waals surface area contributed by atoms with Crippen LogP contribution in [-0.2, 0) is 14.3 Å². The number of amides is 5. The summed E-state index contributed by atoms with van der Waals surface area (Å²) in [6, 6.07) is 6.08. The zero-order chi connectivity index (χ0) is 19.0. The van der Waals surface area contributed by atoms with E-state index >= 15 is 0 Å². The minimum Gasteiger partial charge on any atom is -0.451 e. The van der Waals surface area contributed by atoms with Crippen LogP contribution in [0.5, 0.6) is 0 Å². The molecule has 0 saturated heterocycles. The van der Waals surface area contributed by atoms with Crippen molar-refractivity contribution in [1.82, 2.24) is 10.6 Å². The third-order valence-electron chi connectivity index (χ3n) is 3.15. The van der Waals surface area contributed by atoms with Crippen LogP contribution in [0.1, 0.15) is 20.8 Å². The topological polar surface area (TPSA) is 140 Å². The second kappa shape index (κ2) is 9.26. The van der Waals surface area contributed by atoms with Crippen molar-refractivity contribution < 1.29 is 23.9 Å². The molecule has 9 nitrogen and oxygen atoms in total. The summed E-state index contributed by atoms with van der Waals surface area (Å²) < 4.78 is 4.99. The monoisotopic (exact) mass is 350 g/mol. The van der Waals surface area contributed by atoms with E-state index in [0.29, 0.717) is 5.69 Å². The molecule has 0 aromatic heterocycles. The highest BCUT2D eigenvalue weighted by atomic mass is 16.5. The van der Waals surface area contributed by atoms with Gasteiger partial charge in [0.2, 0.25) is 0 Å². The molecule has 25 heavy (non-hydrogen) atoms. The maximum Gasteiger partial charge on any atom is 0.329 e. The van der Waals surface area contributed by atoms with Crippen molar-refractivity contribution in [3.05, 3.63) is 30.3 Å². The number of primary amides is 1. The molecule has 136 valence electrons. The number of nitrogens with two attached hydrogens (primary N) is 1. The van der Waals surface area contributed by atoms with Gasteiger partial charge in [0.1, 0.15) is 6.04 Å². The molecule has 0 saturated carbocycles. The van der Waals surface area contributed by atoms with E-state index in [9.17, 15) is 19.2 Å². The zero-order valence-electron chi connectivity index (χ0n) is 14.2. The van der Waals surface area contributed by atoms with E-state index in [2.05, 4.69) is 10.6 Å². The lowest BCUT2D eigenvalue weighted by atomic mass is 10.0. The Morgan fingerprint density at radius 2 is 1.64 bits per heavy atom. The molecular formula is C16H22N4O5. The van der Waals surface area contributed by atoms with E-state index in [-0.39, 0.29) is 5.92 Å². The van der Waals surface area contributed by atoms with E-state index in [0.717, 1.165) is 0 Å². The predicted molar refractivity (Wildman–Crippen MR) is 90.5 cm³/mol. The maximum absolute atomic E-state index is 12.2. The first-order valence-electron chi connectivity index (χ1n) is 7.64. The molecule has 0 unspecified atom stereocenters. The number of hydrogen-bond donors (Lipinski definition) is 4. The number of benzene rings is 1. The SMILES string of the molecule is CC(C)[C@H](NC(=O)Nc1ccccc1)C(=O)O[C@H](C)C(=O)NC(N)=O. The smallest absolute Gasteiger partial charge is 0.329 e. The Hall–Kier alpha value is -3.10. The molecule has 5 amide bonds. The van der Waals surface area contributed by atoms with Crippen molar-refractivity contribution in [3.63, 3.8) is 0 Å². The number of ether oxygens (including phenoxy) is 1. The number of imide groups is 1. The molecule has 0 aliphatic rings. The molecule has 1 aromatic carbocycles. The number of carbonyl (C=O) groups excluding carboxylic acids is 4. The average molecular weight is 350 g/mol. The van der Waals surface area contributed by atoms with Crippen LogP contribution in [0.2, 0.25) is 0 Å². The molecule has 0 heterocycles. The third kappa shape index (κ3) is 6.90. The Morgan fingerprint density at radius 3 is 2.16 bits per heavy atom. The second-order valence-electron chi connectivity index (χ2n) is 5.62. The molecule has 0 aliphatic carbocycles. The standard InChI is InChI=1S/C16H22N4O5/c1-9(2)12(14(22)25-10(3)13(21)20-15(17)23)19-16(24)18-11-7-5-4-6-8-11/h4-10,12H,1-3H3,(H2,18,19,24)(H3,17,20,21,23)/t10-,12+/m1/s1. The van der Waals surface area contributed by atoms with Crippen molar-refractivity contribution in [2.45, 2.75) is 32.9 Å². The Bertz CT molecular complexity index is 633. The Morgan fingerprint density at radius 1 is 1.04 bits per heavy atom. The van der Waals surface area contributed by atoms with Gasteiger partial charge in [0, 0.05) is 5.69 Å². The van der Waals surface area contributed by atoms with Crippen LogP contribution in [0.3, 0.4) is 0 Å². The predicted octanol–water partition coefficient (Wildman–Crippen LogP) is 0.959. The van der Waals surface area contributed by atoms with E-state index < -0.39 is 36.1 Å². The van der Waals surface area contributed by atoms with Gasteiger partial charge in [-0.15, -0.1) is 0 Å². The summed E-state index contributed by atoms with van der Waals surface area (Å²) in [5.74, 6) is -1.94.